The van der Waals surface area contributed by atoms with Crippen LogP contribution in [0.1, 0.15) is 11.3 Å². The Kier molecular flexibility index (Phi) is 4.80. The van der Waals surface area contributed by atoms with Crippen LogP contribution in [0.5, 0.6) is 0 Å². The van der Waals surface area contributed by atoms with Gasteiger partial charge in [-0.25, -0.2) is 13.1 Å². The summed E-state index contributed by atoms with van der Waals surface area (Å²) in [5, 5.41) is 3.99. The van der Waals surface area contributed by atoms with E-state index in [1.165, 1.54) is 0 Å². The molecule has 0 radical (unpaired) electrons. The number of aryl methyl sites for hydroxylation is 2. The molecule has 1 N–H and O–H groups in total. The third kappa shape index (κ3) is 3.59. The van der Waals surface area contributed by atoms with Crippen LogP contribution in [0.15, 0.2) is 41.4 Å². The van der Waals surface area contributed by atoms with Crippen LogP contribution in [0.3, 0.4) is 0 Å². The topological polar surface area (TPSA) is 64.0 Å². The Bertz CT molecular complexity index is 665. The Labute approximate surface area is 123 Å². The molecule has 1 heterocycles. The van der Waals surface area contributed by atoms with Crippen LogP contribution in [0, 0.1) is 0 Å². The highest BCUT2D eigenvalue weighted by atomic mass is 35.5. The van der Waals surface area contributed by atoms with Gasteiger partial charge in [-0.2, -0.15) is 5.10 Å². The average Bonchev–Trinajstić information content (AvgIpc) is 2.83. The quantitative estimate of drug-likeness (QED) is 0.825. The smallest absolute Gasteiger partial charge is 0.240 e. The molecule has 20 heavy (non-hydrogen) atoms. The van der Waals surface area contributed by atoms with Crippen molar-refractivity contribution in [1.82, 2.24) is 14.5 Å². The molecule has 0 aliphatic rings. The van der Waals surface area contributed by atoms with Crippen LogP contribution in [0.2, 0.25) is 0 Å². The molecule has 0 unspecified atom stereocenters. The van der Waals surface area contributed by atoms with Crippen molar-refractivity contribution >= 4 is 21.6 Å². The SMILES string of the molecule is Cn1nccc1CNS(=O)(=O)c1ccc(CCCl)cc1. The van der Waals surface area contributed by atoms with Gasteiger partial charge < -0.3 is 0 Å². The normalized spacial score (nSPS) is 11.7. The molecule has 5 nitrogen and oxygen atoms in total. The first-order valence-electron chi connectivity index (χ1n) is 6.14. The van der Waals surface area contributed by atoms with Gasteiger partial charge in [0.2, 0.25) is 10.0 Å². The lowest BCUT2D eigenvalue weighted by Gasteiger charge is -2.07. The average molecular weight is 314 g/mol. The molecular weight excluding hydrogens is 298 g/mol. The van der Waals surface area contributed by atoms with E-state index >= 15 is 0 Å². The molecular formula is C13H16ClN3O2S. The zero-order valence-electron chi connectivity index (χ0n) is 11.1. The molecule has 0 saturated heterocycles. The molecule has 0 saturated carbocycles. The molecule has 1 aromatic heterocycles. The van der Waals surface area contributed by atoms with Crippen LogP contribution in [0.25, 0.3) is 0 Å². The summed E-state index contributed by atoms with van der Waals surface area (Å²) >= 11 is 5.65. The third-order valence-corrected chi connectivity index (χ3v) is 4.59. The summed E-state index contributed by atoms with van der Waals surface area (Å²) < 4.78 is 28.5. The second-order valence-electron chi connectivity index (χ2n) is 4.35. The number of halogens is 1. The maximum Gasteiger partial charge on any atom is 0.240 e. The van der Waals surface area contributed by atoms with Crippen molar-refractivity contribution in [2.75, 3.05) is 5.88 Å². The van der Waals surface area contributed by atoms with Gasteiger partial charge >= 0.3 is 0 Å². The maximum atomic E-state index is 12.1. The second kappa shape index (κ2) is 6.39. The summed E-state index contributed by atoms with van der Waals surface area (Å²) in [6, 6.07) is 8.51. The summed E-state index contributed by atoms with van der Waals surface area (Å²) in [5.41, 5.74) is 1.82. The van der Waals surface area contributed by atoms with Crippen molar-refractivity contribution in [2.24, 2.45) is 7.05 Å². The first-order chi connectivity index (χ1) is 9.53. The summed E-state index contributed by atoms with van der Waals surface area (Å²) in [6.45, 7) is 0.211. The van der Waals surface area contributed by atoms with E-state index in [0.29, 0.717) is 5.88 Å². The number of nitrogens with zero attached hydrogens (tertiary/aromatic N) is 2. The van der Waals surface area contributed by atoms with Crippen LogP contribution < -0.4 is 4.72 Å². The molecule has 0 bridgehead atoms. The van der Waals surface area contributed by atoms with Gasteiger partial charge in [-0.3, -0.25) is 4.68 Å². The highest BCUT2D eigenvalue weighted by Gasteiger charge is 2.14. The van der Waals surface area contributed by atoms with E-state index < -0.39 is 10.0 Å². The first kappa shape index (κ1) is 15.0. The van der Waals surface area contributed by atoms with E-state index in [1.807, 2.05) is 0 Å². The van der Waals surface area contributed by atoms with Crippen molar-refractivity contribution in [2.45, 2.75) is 17.9 Å². The van der Waals surface area contributed by atoms with Crippen molar-refractivity contribution in [3.8, 4) is 0 Å². The minimum atomic E-state index is -3.51. The van der Waals surface area contributed by atoms with E-state index in [-0.39, 0.29) is 11.4 Å². The van der Waals surface area contributed by atoms with Gasteiger partial charge in [0.15, 0.2) is 0 Å². The molecule has 0 amide bonds. The number of sulfonamides is 1. The van der Waals surface area contributed by atoms with E-state index in [1.54, 1.807) is 48.3 Å². The Hall–Kier alpha value is -1.37. The van der Waals surface area contributed by atoms with Gasteiger partial charge in [0.05, 0.1) is 17.1 Å². The zero-order valence-corrected chi connectivity index (χ0v) is 12.7. The third-order valence-electron chi connectivity index (χ3n) is 2.98. The van der Waals surface area contributed by atoms with Gasteiger partial charge in [-0.1, -0.05) is 12.1 Å². The second-order valence-corrected chi connectivity index (χ2v) is 6.50. The Morgan fingerprint density at radius 1 is 1.25 bits per heavy atom. The fraction of sp³-hybridized carbons (Fsp3) is 0.308. The first-order valence-corrected chi connectivity index (χ1v) is 8.16. The Morgan fingerprint density at radius 2 is 1.95 bits per heavy atom. The largest absolute Gasteiger partial charge is 0.271 e. The van der Waals surface area contributed by atoms with E-state index in [9.17, 15) is 8.42 Å². The summed E-state index contributed by atoms with van der Waals surface area (Å²) in [4.78, 5) is 0.248. The van der Waals surface area contributed by atoms with Crippen LogP contribution in [0.4, 0.5) is 0 Å². The van der Waals surface area contributed by atoms with Crippen LogP contribution in [-0.2, 0) is 30.0 Å². The van der Waals surface area contributed by atoms with Crippen molar-refractivity contribution in [3.63, 3.8) is 0 Å². The highest BCUT2D eigenvalue weighted by molar-refractivity contribution is 7.89. The van der Waals surface area contributed by atoms with Crippen molar-refractivity contribution in [1.29, 1.82) is 0 Å². The summed E-state index contributed by atoms with van der Waals surface area (Å²) in [6.07, 6.45) is 2.36. The van der Waals surface area contributed by atoms with Gasteiger partial charge in [0, 0.05) is 19.1 Å². The summed E-state index contributed by atoms with van der Waals surface area (Å²) in [7, 11) is -1.74. The predicted molar refractivity (Wildman–Crippen MR) is 78.1 cm³/mol. The number of nitrogens with one attached hydrogen (secondary N) is 1. The molecule has 7 heteroatoms. The lowest BCUT2D eigenvalue weighted by molar-refractivity contribution is 0.577. The number of hydrogen-bond donors (Lipinski definition) is 1. The predicted octanol–water partition coefficient (Wildman–Crippen LogP) is 1.68. The van der Waals surface area contributed by atoms with Crippen LogP contribution in [-0.4, -0.2) is 24.1 Å². The molecule has 1 aromatic carbocycles. The summed E-state index contributed by atoms with van der Waals surface area (Å²) in [5.74, 6) is 0.519. The highest BCUT2D eigenvalue weighted by Crippen LogP contribution is 2.12. The molecule has 2 rings (SSSR count). The monoisotopic (exact) mass is 313 g/mol. The number of benzene rings is 1. The van der Waals surface area contributed by atoms with E-state index in [4.69, 9.17) is 11.6 Å². The zero-order chi connectivity index (χ0) is 14.6. The molecule has 0 spiro atoms. The van der Waals surface area contributed by atoms with Crippen molar-refractivity contribution < 1.29 is 8.42 Å². The Balaban J connectivity index is 2.08. The molecule has 108 valence electrons. The molecule has 0 fully saturated rings. The lowest BCUT2D eigenvalue weighted by Crippen LogP contribution is -2.24. The minimum absolute atomic E-state index is 0.211. The van der Waals surface area contributed by atoms with Crippen LogP contribution >= 0.6 is 11.6 Å². The Morgan fingerprint density at radius 3 is 2.50 bits per heavy atom. The fourth-order valence-electron chi connectivity index (χ4n) is 1.77. The standard InChI is InChI=1S/C13H16ClN3O2S/c1-17-12(7-9-15-17)10-16-20(18,19)13-4-2-11(3-5-13)6-8-14/h2-5,7,9,16H,6,8,10H2,1H3. The van der Waals surface area contributed by atoms with Gasteiger partial charge in [0.25, 0.3) is 0 Å². The van der Waals surface area contributed by atoms with Gasteiger partial charge in [0.1, 0.15) is 0 Å². The van der Waals surface area contributed by atoms with E-state index in [0.717, 1.165) is 17.7 Å². The van der Waals surface area contributed by atoms with Gasteiger partial charge in [-0.05, 0) is 30.2 Å². The fourth-order valence-corrected chi connectivity index (χ4v) is 2.99. The number of rotatable bonds is 6. The lowest BCUT2D eigenvalue weighted by atomic mass is 10.2. The minimum Gasteiger partial charge on any atom is -0.271 e. The molecule has 0 atom stereocenters. The number of hydrogen-bond acceptors (Lipinski definition) is 3. The van der Waals surface area contributed by atoms with E-state index in [2.05, 4.69) is 9.82 Å². The number of alkyl halides is 1. The van der Waals surface area contributed by atoms with Crippen molar-refractivity contribution in [3.05, 3.63) is 47.8 Å². The molecule has 0 aliphatic heterocycles. The molecule has 0 aliphatic carbocycles. The molecule has 2 aromatic rings. The maximum absolute atomic E-state index is 12.1. The van der Waals surface area contributed by atoms with Gasteiger partial charge in [-0.15, -0.1) is 11.6 Å². The number of aromatic nitrogens is 2.